The molecule has 3 aromatic heterocycles. The van der Waals surface area contributed by atoms with Crippen LogP contribution < -0.4 is 16.2 Å². The zero-order valence-corrected chi connectivity index (χ0v) is 26.8. The molecule has 4 heterocycles. The Morgan fingerprint density at radius 3 is 2.51 bits per heavy atom. The fourth-order valence-electron chi connectivity index (χ4n) is 5.68. The lowest BCUT2D eigenvalue weighted by atomic mass is 9.96. The number of nitrogens with two attached hydrogens (primary N) is 1. The highest BCUT2D eigenvalue weighted by Gasteiger charge is 2.38. The predicted octanol–water partition coefficient (Wildman–Crippen LogP) is 5.62. The Kier molecular flexibility index (Phi) is 8.95. The summed E-state index contributed by atoms with van der Waals surface area (Å²) in [5.41, 5.74) is 6.16. The fourth-order valence-corrected chi connectivity index (χ4v) is 6.44. The minimum atomic E-state index is -2.09. The summed E-state index contributed by atoms with van der Waals surface area (Å²) in [7, 11) is 0. The van der Waals surface area contributed by atoms with Crippen molar-refractivity contribution in [2.24, 2.45) is 5.73 Å². The van der Waals surface area contributed by atoms with E-state index >= 15 is 4.39 Å². The van der Waals surface area contributed by atoms with Crippen LogP contribution in [-0.4, -0.2) is 63.1 Å². The number of allylic oxidation sites excluding steroid dienone is 4. The lowest BCUT2D eigenvalue weighted by molar-refractivity contribution is -0.126. The van der Waals surface area contributed by atoms with Crippen LogP contribution in [0.4, 0.5) is 14.5 Å². The van der Waals surface area contributed by atoms with E-state index in [9.17, 15) is 19.2 Å². The van der Waals surface area contributed by atoms with Crippen LogP contribution in [0.2, 0.25) is 5.02 Å². The summed E-state index contributed by atoms with van der Waals surface area (Å²) >= 11 is 18.9. The lowest BCUT2D eigenvalue weighted by Crippen LogP contribution is -2.49. The number of fused-ring (bicyclic) bond motifs is 1. The monoisotopic (exact) mass is 673 g/mol. The second-order valence-electron chi connectivity index (χ2n) is 11.0. The predicted molar refractivity (Wildman–Crippen MR) is 172 cm³/mol. The highest BCUT2D eigenvalue weighted by Crippen LogP contribution is 2.44. The molecule has 0 aromatic carbocycles. The van der Waals surface area contributed by atoms with E-state index in [-0.39, 0.29) is 58.2 Å². The highest BCUT2D eigenvalue weighted by molar-refractivity contribution is 6.35. The number of amides is 1. The van der Waals surface area contributed by atoms with Crippen molar-refractivity contribution in [2.45, 2.75) is 38.2 Å². The normalized spacial score (nSPS) is 19.0. The lowest BCUT2D eigenvalue weighted by Gasteiger charge is -2.36. The molecule has 234 valence electrons. The van der Waals surface area contributed by atoms with Crippen molar-refractivity contribution in [3.63, 3.8) is 0 Å². The molecule has 5 rings (SSSR count). The first-order valence-electron chi connectivity index (χ1n) is 14.0. The zero-order valence-electron chi connectivity index (χ0n) is 24.5. The maximum atomic E-state index is 15.6. The molecule has 0 spiro atoms. The van der Waals surface area contributed by atoms with Crippen molar-refractivity contribution >= 4 is 63.0 Å². The molecule has 2 aliphatic rings. The summed E-state index contributed by atoms with van der Waals surface area (Å²) in [6, 6.07) is 5.24. The number of alkyl halides is 2. The summed E-state index contributed by atoms with van der Waals surface area (Å²) < 4.78 is 31.5. The number of piperazine rings is 1. The number of nitrogens with zero attached hydrogens (tertiary/aromatic N) is 6. The average molecular weight is 675 g/mol. The topological polar surface area (TPSA) is 121 Å². The summed E-state index contributed by atoms with van der Waals surface area (Å²) in [5, 5.41) is 8.30. The van der Waals surface area contributed by atoms with E-state index in [1.54, 1.807) is 24.1 Å². The molecule has 1 aliphatic carbocycles. The smallest absolute Gasteiger partial charge is 0.276 e. The molecule has 1 amide bonds. The van der Waals surface area contributed by atoms with Crippen molar-refractivity contribution in [1.82, 2.24) is 19.4 Å². The SMILES string of the molecule is C=CC(=O)N1CCN(c2c(C#N)c(=O)n(-c3c(C)ccnc3C(C)C)c3nc(C4=C(N)[C@H](Cl)C(F)C(Cl)=C4F)c(Cl)cc23)CC1. The number of halogens is 5. The van der Waals surface area contributed by atoms with E-state index in [0.717, 1.165) is 0 Å². The summed E-state index contributed by atoms with van der Waals surface area (Å²) in [4.78, 5) is 39.3. The first-order valence-corrected chi connectivity index (χ1v) is 15.2. The number of nitriles is 1. The third-order valence-electron chi connectivity index (χ3n) is 7.95. The molecule has 0 bridgehead atoms. The molecule has 9 nitrogen and oxygen atoms in total. The third kappa shape index (κ3) is 5.35. The van der Waals surface area contributed by atoms with Gasteiger partial charge in [-0.25, -0.2) is 13.8 Å². The first kappa shape index (κ1) is 32.4. The Morgan fingerprint density at radius 2 is 1.91 bits per heavy atom. The van der Waals surface area contributed by atoms with Gasteiger partial charge in [-0.15, -0.1) is 11.6 Å². The maximum absolute atomic E-state index is 15.6. The molecule has 3 aromatic rings. The van der Waals surface area contributed by atoms with E-state index in [1.807, 2.05) is 18.7 Å². The van der Waals surface area contributed by atoms with Crippen LogP contribution in [0.25, 0.3) is 22.3 Å². The van der Waals surface area contributed by atoms with Crippen molar-refractivity contribution in [2.75, 3.05) is 31.1 Å². The number of carbonyl (C=O) groups excluding carboxylic acids is 1. The van der Waals surface area contributed by atoms with Gasteiger partial charge in [-0.05, 0) is 36.6 Å². The summed E-state index contributed by atoms with van der Waals surface area (Å²) in [5.74, 6) is -1.57. The Bertz CT molecular complexity index is 1920. The van der Waals surface area contributed by atoms with E-state index < -0.39 is 33.5 Å². The number of aryl methyl sites for hydroxylation is 1. The second-order valence-corrected chi connectivity index (χ2v) is 12.3. The van der Waals surface area contributed by atoms with Crippen molar-refractivity contribution in [1.29, 1.82) is 5.26 Å². The van der Waals surface area contributed by atoms with E-state index in [0.29, 0.717) is 35.4 Å². The molecule has 1 aliphatic heterocycles. The Balaban J connectivity index is 1.90. The van der Waals surface area contributed by atoms with Gasteiger partial charge >= 0.3 is 0 Å². The number of anilines is 1. The van der Waals surface area contributed by atoms with Crippen molar-refractivity contribution < 1.29 is 13.6 Å². The Morgan fingerprint density at radius 1 is 1.24 bits per heavy atom. The second kappa shape index (κ2) is 12.4. The van der Waals surface area contributed by atoms with Gasteiger partial charge in [0.15, 0.2) is 12.0 Å². The molecule has 0 saturated carbocycles. The van der Waals surface area contributed by atoms with Crippen LogP contribution in [-0.2, 0) is 4.79 Å². The summed E-state index contributed by atoms with van der Waals surface area (Å²) in [6.45, 7) is 10.3. The minimum absolute atomic E-state index is 0.0220. The van der Waals surface area contributed by atoms with Gasteiger partial charge in [-0.3, -0.25) is 19.1 Å². The summed E-state index contributed by atoms with van der Waals surface area (Å²) in [6.07, 6.45) is 0.755. The molecular formula is C31H28Cl3F2N7O2. The van der Waals surface area contributed by atoms with Crippen LogP contribution in [0, 0.1) is 18.3 Å². The molecule has 1 saturated heterocycles. The van der Waals surface area contributed by atoms with Crippen molar-refractivity contribution in [3.05, 3.63) is 85.4 Å². The number of carbonyl (C=O) groups is 1. The van der Waals surface area contributed by atoms with Gasteiger partial charge in [0, 0.05) is 43.5 Å². The standard InChI is InChI=1S/C31H28Cl3F2N7O2/c1-5-19(44)41-8-10-42(11-9-41)29-16-12-18(32)27(20-23(35)21(33)24(36)22(34)25(20)38)40-30(16)43(31(45)17(29)13-37)28-15(4)6-7-39-26(28)14(2)3/h5-7,12,14,22,24H,1,8-11,38H2,2-4H3/t22-,24?/m1/s1. The Labute approximate surface area is 272 Å². The highest BCUT2D eigenvalue weighted by atomic mass is 35.5. The molecule has 45 heavy (non-hydrogen) atoms. The largest absolute Gasteiger partial charge is 0.400 e. The molecule has 1 unspecified atom stereocenters. The van der Waals surface area contributed by atoms with Gasteiger partial charge < -0.3 is 15.5 Å². The number of aromatic nitrogens is 3. The minimum Gasteiger partial charge on any atom is -0.400 e. The van der Waals surface area contributed by atoms with Crippen molar-refractivity contribution in [3.8, 4) is 11.8 Å². The average Bonchev–Trinajstić information content (AvgIpc) is 3.02. The van der Waals surface area contributed by atoms with Crippen LogP contribution in [0.1, 0.15) is 42.3 Å². The van der Waals surface area contributed by atoms with Crippen LogP contribution in [0.5, 0.6) is 0 Å². The van der Waals surface area contributed by atoms with Gasteiger partial charge in [0.1, 0.15) is 22.7 Å². The Hall–Kier alpha value is -3.98. The van der Waals surface area contributed by atoms with Crippen LogP contribution >= 0.6 is 34.8 Å². The molecule has 14 heteroatoms. The quantitative estimate of drug-likeness (QED) is 0.276. The number of hydrogen-bond acceptors (Lipinski definition) is 7. The number of pyridine rings is 3. The molecule has 2 atom stereocenters. The van der Waals surface area contributed by atoms with Crippen LogP contribution in [0.15, 0.2) is 52.3 Å². The first-order chi connectivity index (χ1) is 21.3. The number of hydrogen-bond donors (Lipinski definition) is 1. The van der Waals surface area contributed by atoms with Gasteiger partial charge in [-0.1, -0.05) is 43.6 Å². The maximum Gasteiger partial charge on any atom is 0.276 e. The third-order valence-corrected chi connectivity index (χ3v) is 9.06. The molecular weight excluding hydrogens is 647 g/mol. The van der Waals surface area contributed by atoms with E-state index in [2.05, 4.69) is 17.6 Å². The van der Waals surface area contributed by atoms with Gasteiger partial charge in [0.25, 0.3) is 5.56 Å². The molecule has 0 radical (unpaired) electrons. The number of rotatable bonds is 5. The molecule has 1 fully saturated rings. The van der Waals surface area contributed by atoms with Crippen LogP contribution in [0.3, 0.4) is 0 Å². The van der Waals surface area contributed by atoms with Gasteiger partial charge in [0.2, 0.25) is 5.91 Å². The van der Waals surface area contributed by atoms with Gasteiger partial charge in [0.05, 0.1) is 38.4 Å². The van der Waals surface area contributed by atoms with E-state index in [4.69, 9.17) is 45.5 Å². The zero-order chi connectivity index (χ0) is 32.9. The molecule has 2 N–H and O–H groups in total. The van der Waals surface area contributed by atoms with E-state index in [1.165, 1.54) is 16.7 Å². The van der Waals surface area contributed by atoms with Gasteiger partial charge in [-0.2, -0.15) is 5.26 Å². The fraction of sp³-hybridized carbons (Fsp3) is 0.323.